The minimum absolute atomic E-state index is 0.235. The van der Waals surface area contributed by atoms with E-state index in [0.717, 1.165) is 17.7 Å². The number of benzene rings is 2. The fraction of sp³-hybridized carbons (Fsp3) is 0.250. The molecule has 2 aromatic rings. The lowest BCUT2D eigenvalue weighted by Gasteiger charge is -2.13. The zero-order valence-corrected chi connectivity index (χ0v) is 11.3. The first-order valence-electron chi connectivity index (χ1n) is 6.51. The average Bonchev–Trinajstić information content (AvgIpc) is 2.47. The first kappa shape index (κ1) is 15.5. The number of ether oxygens (including phenoxy) is 1. The highest BCUT2D eigenvalue weighted by Gasteiger charge is 2.29. The molecule has 0 heterocycles. The van der Waals surface area contributed by atoms with Gasteiger partial charge < -0.3 is 10.5 Å². The SMILES string of the molecule is NC(COCc1ccc(C(F)(F)F)cc1)c1ccccc1. The van der Waals surface area contributed by atoms with Crippen LogP contribution in [-0.2, 0) is 17.5 Å². The molecule has 21 heavy (non-hydrogen) atoms. The van der Waals surface area contributed by atoms with Gasteiger partial charge in [0.1, 0.15) is 0 Å². The van der Waals surface area contributed by atoms with E-state index in [2.05, 4.69) is 0 Å². The second kappa shape index (κ2) is 6.74. The first-order valence-corrected chi connectivity index (χ1v) is 6.51. The topological polar surface area (TPSA) is 35.2 Å². The zero-order chi connectivity index (χ0) is 15.3. The molecule has 0 spiro atoms. The Balaban J connectivity index is 1.84. The smallest absolute Gasteiger partial charge is 0.375 e. The Hall–Kier alpha value is -1.85. The summed E-state index contributed by atoms with van der Waals surface area (Å²) >= 11 is 0. The van der Waals surface area contributed by atoms with Gasteiger partial charge in [0.2, 0.25) is 0 Å². The Kier molecular flexibility index (Phi) is 4.98. The molecule has 0 saturated carbocycles. The Morgan fingerprint density at radius 3 is 2.14 bits per heavy atom. The predicted octanol–water partition coefficient (Wildman–Crippen LogP) is 3.92. The highest BCUT2D eigenvalue weighted by atomic mass is 19.4. The molecular weight excluding hydrogens is 279 g/mol. The molecule has 0 radical (unpaired) electrons. The normalized spacial score (nSPS) is 13.1. The third kappa shape index (κ3) is 4.58. The quantitative estimate of drug-likeness (QED) is 0.907. The number of halogens is 3. The molecule has 0 amide bonds. The molecule has 0 aliphatic carbocycles. The minimum atomic E-state index is -4.31. The van der Waals surface area contributed by atoms with Crippen molar-refractivity contribution in [1.29, 1.82) is 0 Å². The molecule has 1 unspecified atom stereocenters. The third-order valence-corrected chi connectivity index (χ3v) is 3.08. The maximum atomic E-state index is 12.4. The fourth-order valence-corrected chi connectivity index (χ4v) is 1.89. The third-order valence-electron chi connectivity index (χ3n) is 3.08. The van der Waals surface area contributed by atoms with Gasteiger partial charge in [0.05, 0.1) is 24.8 Å². The van der Waals surface area contributed by atoms with Crippen molar-refractivity contribution in [3.63, 3.8) is 0 Å². The molecule has 1 atom stereocenters. The molecule has 0 bridgehead atoms. The number of hydrogen-bond donors (Lipinski definition) is 1. The maximum absolute atomic E-state index is 12.4. The van der Waals surface area contributed by atoms with Crippen LogP contribution in [-0.4, -0.2) is 6.61 Å². The Bertz CT molecular complexity index is 552. The van der Waals surface area contributed by atoms with E-state index in [0.29, 0.717) is 12.2 Å². The predicted molar refractivity (Wildman–Crippen MR) is 74.5 cm³/mol. The largest absolute Gasteiger partial charge is 0.416 e. The van der Waals surface area contributed by atoms with Crippen molar-refractivity contribution < 1.29 is 17.9 Å². The second-order valence-corrected chi connectivity index (χ2v) is 4.73. The van der Waals surface area contributed by atoms with Gasteiger partial charge >= 0.3 is 6.18 Å². The van der Waals surface area contributed by atoms with E-state index >= 15 is 0 Å². The summed E-state index contributed by atoms with van der Waals surface area (Å²) in [5, 5.41) is 0. The van der Waals surface area contributed by atoms with Crippen molar-refractivity contribution in [3.05, 3.63) is 71.3 Å². The Morgan fingerprint density at radius 2 is 1.57 bits per heavy atom. The van der Waals surface area contributed by atoms with Crippen molar-refractivity contribution in [3.8, 4) is 0 Å². The lowest BCUT2D eigenvalue weighted by atomic mass is 10.1. The zero-order valence-electron chi connectivity index (χ0n) is 11.3. The van der Waals surface area contributed by atoms with Crippen LogP contribution in [0.5, 0.6) is 0 Å². The molecule has 0 fully saturated rings. The van der Waals surface area contributed by atoms with Gasteiger partial charge in [-0.05, 0) is 23.3 Å². The first-order chi connectivity index (χ1) is 9.97. The summed E-state index contributed by atoms with van der Waals surface area (Å²) in [6.45, 7) is 0.545. The van der Waals surface area contributed by atoms with Gasteiger partial charge in [-0.15, -0.1) is 0 Å². The molecule has 2 nitrogen and oxygen atoms in total. The lowest BCUT2D eigenvalue weighted by molar-refractivity contribution is -0.137. The van der Waals surface area contributed by atoms with Crippen LogP contribution in [0, 0.1) is 0 Å². The van der Waals surface area contributed by atoms with E-state index in [4.69, 9.17) is 10.5 Å². The van der Waals surface area contributed by atoms with Crippen molar-refractivity contribution >= 4 is 0 Å². The van der Waals surface area contributed by atoms with Crippen LogP contribution in [0.15, 0.2) is 54.6 Å². The molecule has 0 saturated heterocycles. The van der Waals surface area contributed by atoms with Crippen LogP contribution >= 0.6 is 0 Å². The van der Waals surface area contributed by atoms with E-state index in [9.17, 15) is 13.2 Å². The number of rotatable bonds is 5. The molecular formula is C16H16F3NO. The number of alkyl halides is 3. The average molecular weight is 295 g/mol. The summed E-state index contributed by atoms with van der Waals surface area (Å²) in [5.41, 5.74) is 6.95. The van der Waals surface area contributed by atoms with Crippen LogP contribution in [0.2, 0.25) is 0 Å². The Labute approximate surface area is 121 Å². The molecule has 0 aliphatic rings. The molecule has 5 heteroatoms. The van der Waals surface area contributed by atoms with E-state index < -0.39 is 11.7 Å². The summed E-state index contributed by atoms with van der Waals surface area (Å²) in [7, 11) is 0. The maximum Gasteiger partial charge on any atom is 0.416 e. The summed E-state index contributed by atoms with van der Waals surface area (Å²) in [4.78, 5) is 0. The van der Waals surface area contributed by atoms with Gasteiger partial charge in [-0.2, -0.15) is 13.2 Å². The van der Waals surface area contributed by atoms with Crippen LogP contribution in [0.4, 0.5) is 13.2 Å². The minimum Gasteiger partial charge on any atom is -0.375 e. The fourth-order valence-electron chi connectivity index (χ4n) is 1.89. The highest BCUT2D eigenvalue weighted by molar-refractivity contribution is 5.24. The standard InChI is InChI=1S/C16H16F3NO/c17-16(18,19)14-8-6-12(7-9-14)10-21-11-15(20)13-4-2-1-3-5-13/h1-9,15H,10-11,20H2. The summed E-state index contributed by atoms with van der Waals surface area (Å²) < 4.78 is 42.7. The van der Waals surface area contributed by atoms with Crippen molar-refractivity contribution in [2.45, 2.75) is 18.8 Å². The Morgan fingerprint density at radius 1 is 0.952 bits per heavy atom. The van der Waals surface area contributed by atoms with Gasteiger partial charge in [0.25, 0.3) is 0 Å². The van der Waals surface area contributed by atoms with Gasteiger partial charge in [0.15, 0.2) is 0 Å². The summed E-state index contributed by atoms with van der Waals surface area (Å²) in [5.74, 6) is 0. The van der Waals surface area contributed by atoms with E-state index in [1.54, 1.807) is 0 Å². The van der Waals surface area contributed by atoms with Crippen LogP contribution in [0.1, 0.15) is 22.7 Å². The highest BCUT2D eigenvalue weighted by Crippen LogP contribution is 2.29. The van der Waals surface area contributed by atoms with E-state index in [1.807, 2.05) is 30.3 Å². The van der Waals surface area contributed by atoms with Gasteiger partial charge in [-0.3, -0.25) is 0 Å². The second-order valence-electron chi connectivity index (χ2n) is 4.73. The molecule has 112 valence electrons. The van der Waals surface area contributed by atoms with Crippen LogP contribution < -0.4 is 5.73 Å². The van der Waals surface area contributed by atoms with E-state index in [1.165, 1.54) is 12.1 Å². The van der Waals surface area contributed by atoms with E-state index in [-0.39, 0.29) is 12.6 Å². The lowest BCUT2D eigenvalue weighted by Crippen LogP contribution is -2.17. The van der Waals surface area contributed by atoms with Crippen LogP contribution in [0.25, 0.3) is 0 Å². The molecule has 2 rings (SSSR count). The number of nitrogens with two attached hydrogens (primary N) is 1. The van der Waals surface area contributed by atoms with Crippen molar-refractivity contribution in [2.75, 3.05) is 6.61 Å². The van der Waals surface area contributed by atoms with Crippen molar-refractivity contribution in [2.24, 2.45) is 5.73 Å². The van der Waals surface area contributed by atoms with Gasteiger partial charge in [0, 0.05) is 0 Å². The molecule has 2 aromatic carbocycles. The monoisotopic (exact) mass is 295 g/mol. The number of hydrogen-bond acceptors (Lipinski definition) is 2. The summed E-state index contributed by atoms with van der Waals surface area (Å²) in [6, 6.07) is 14.2. The van der Waals surface area contributed by atoms with Crippen molar-refractivity contribution in [1.82, 2.24) is 0 Å². The molecule has 2 N–H and O–H groups in total. The molecule has 0 aliphatic heterocycles. The van der Waals surface area contributed by atoms with Gasteiger partial charge in [-0.1, -0.05) is 42.5 Å². The van der Waals surface area contributed by atoms with Gasteiger partial charge in [-0.25, -0.2) is 0 Å². The van der Waals surface area contributed by atoms with Crippen LogP contribution in [0.3, 0.4) is 0 Å². The summed E-state index contributed by atoms with van der Waals surface area (Å²) in [6.07, 6.45) is -4.31. The molecule has 0 aromatic heterocycles.